The van der Waals surface area contributed by atoms with E-state index in [1.54, 1.807) is 4.90 Å². The summed E-state index contributed by atoms with van der Waals surface area (Å²) < 4.78 is 6.35. The quantitative estimate of drug-likeness (QED) is 0.854. The van der Waals surface area contributed by atoms with E-state index >= 15 is 0 Å². The molecule has 1 aromatic carbocycles. The van der Waals surface area contributed by atoms with Crippen molar-refractivity contribution in [1.29, 1.82) is 0 Å². The van der Waals surface area contributed by atoms with Gasteiger partial charge in [-0.3, -0.25) is 0 Å². The molecule has 2 rings (SSSR count). The Kier molecular flexibility index (Phi) is 5.86. The smallest absolute Gasteiger partial charge is 0.409 e. The van der Waals surface area contributed by atoms with Gasteiger partial charge in [0.25, 0.3) is 0 Å². The van der Waals surface area contributed by atoms with Crippen LogP contribution in [0, 0.1) is 0 Å². The van der Waals surface area contributed by atoms with E-state index in [2.05, 4.69) is 34.2 Å². The monoisotopic (exact) mass is 340 g/mol. The Hall–Kier alpha value is -1.07. The SMILES string of the molecule is CCCCOC(=O)N1CCNC(c2ccccc2Br)C1. The number of benzene rings is 1. The molecule has 1 N–H and O–H groups in total. The lowest BCUT2D eigenvalue weighted by Crippen LogP contribution is -2.48. The van der Waals surface area contributed by atoms with Crippen LogP contribution in [0.2, 0.25) is 0 Å². The molecule has 0 spiro atoms. The van der Waals surface area contributed by atoms with E-state index < -0.39 is 0 Å². The number of amides is 1. The minimum absolute atomic E-state index is 0.151. The average molecular weight is 341 g/mol. The van der Waals surface area contributed by atoms with Crippen LogP contribution in [0.3, 0.4) is 0 Å². The average Bonchev–Trinajstić information content (AvgIpc) is 2.48. The first-order chi connectivity index (χ1) is 9.72. The van der Waals surface area contributed by atoms with Gasteiger partial charge in [0.2, 0.25) is 0 Å². The van der Waals surface area contributed by atoms with E-state index in [1.165, 1.54) is 5.56 Å². The Morgan fingerprint density at radius 2 is 2.30 bits per heavy atom. The molecule has 1 aliphatic rings. The van der Waals surface area contributed by atoms with Crippen molar-refractivity contribution in [2.45, 2.75) is 25.8 Å². The van der Waals surface area contributed by atoms with Crippen LogP contribution < -0.4 is 5.32 Å². The van der Waals surface area contributed by atoms with Gasteiger partial charge in [-0.15, -0.1) is 0 Å². The van der Waals surface area contributed by atoms with Crippen molar-refractivity contribution in [3.63, 3.8) is 0 Å². The van der Waals surface area contributed by atoms with Gasteiger partial charge in [0.15, 0.2) is 0 Å². The van der Waals surface area contributed by atoms with E-state index in [4.69, 9.17) is 4.74 Å². The number of unbranched alkanes of at least 4 members (excludes halogenated alkanes) is 1. The van der Waals surface area contributed by atoms with Gasteiger partial charge in [-0.2, -0.15) is 0 Å². The highest BCUT2D eigenvalue weighted by molar-refractivity contribution is 9.10. The van der Waals surface area contributed by atoms with Crippen molar-refractivity contribution in [1.82, 2.24) is 10.2 Å². The molecule has 1 saturated heterocycles. The van der Waals surface area contributed by atoms with Gasteiger partial charge in [0.1, 0.15) is 0 Å². The number of carbonyl (C=O) groups excluding carboxylic acids is 1. The van der Waals surface area contributed by atoms with E-state index in [0.717, 1.165) is 23.9 Å². The van der Waals surface area contributed by atoms with Gasteiger partial charge in [0, 0.05) is 24.1 Å². The summed E-state index contributed by atoms with van der Waals surface area (Å²) in [6.45, 7) is 4.73. The molecule has 0 aromatic heterocycles. The van der Waals surface area contributed by atoms with Crippen LogP contribution in [-0.2, 0) is 4.74 Å². The number of halogens is 1. The first kappa shape index (κ1) is 15.3. The minimum atomic E-state index is -0.197. The van der Waals surface area contributed by atoms with Crippen LogP contribution in [0.25, 0.3) is 0 Å². The maximum atomic E-state index is 12.0. The van der Waals surface area contributed by atoms with Gasteiger partial charge in [-0.1, -0.05) is 47.5 Å². The molecule has 0 radical (unpaired) electrons. The summed E-state index contributed by atoms with van der Waals surface area (Å²) in [5.74, 6) is 0. The topological polar surface area (TPSA) is 41.6 Å². The Balaban J connectivity index is 1.95. The minimum Gasteiger partial charge on any atom is -0.449 e. The predicted molar refractivity (Wildman–Crippen MR) is 82.7 cm³/mol. The molecule has 1 unspecified atom stereocenters. The molecule has 1 amide bonds. The maximum absolute atomic E-state index is 12.0. The maximum Gasteiger partial charge on any atom is 0.409 e. The summed E-state index contributed by atoms with van der Waals surface area (Å²) in [6.07, 6.45) is 1.76. The lowest BCUT2D eigenvalue weighted by Gasteiger charge is -2.33. The number of ether oxygens (including phenoxy) is 1. The number of hydrogen-bond acceptors (Lipinski definition) is 3. The molecule has 1 heterocycles. The second kappa shape index (κ2) is 7.64. The summed E-state index contributed by atoms with van der Waals surface area (Å²) in [7, 11) is 0. The zero-order chi connectivity index (χ0) is 14.4. The van der Waals surface area contributed by atoms with E-state index in [1.807, 2.05) is 18.2 Å². The van der Waals surface area contributed by atoms with Crippen LogP contribution in [0.4, 0.5) is 4.79 Å². The summed E-state index contributed by atoms with van der Waals surface area (Å²) in [5, 5.41) is 3.45. The molecule has 0 saturated carbocycles. The number of nitrogens with one attached hydrogen (secondary N) is 1. The van der Waals surface area contributed by atoms with Crippen LogP contribution in [0.1, 0.15) is 31.4 Å². The first-order valence-corrected chi connectivity index (χ1v) is 7.91. The van der Waals surface area contributed by atoms with Crippen LogP contribution in [0.5, 0.6) is 0 Å². The van der Waals surface area contributed by atoms with Crippen molar-refractivity contribution in [3.8, 4) is 0 Å². The molecule has 0 aliphatic carbocycles. The molecule has 1 aromatic rings. The van der Waals surface area contributed by atoms with Gasteiger partial charge < -0.3 is 15.0 Å². The highest BCUT2D eigenvalue weighted by atomic mass is 79.9. The third kappa shape index (κ3) is 3.96. The Labute approximate surface area is 128 Å². The second-order valence-corrected chi connectivity index (χ2v) is 5.80. The fourth-order valence-corrected chi connectivity index (χ4v) is 2.84. The lowest BCUT2D eigenvalue weighted by atomic mass is 10.1. The summed E-state index contributed by atoms with van der Waals surface area (Å²) in [5.41, 5.74) is 1.18. The molecular formula is C15H21BrN2O2. The number of carbonyl (C=O) groups is 1. The summed E-state index contributed by atoms with van der Waals surface area (Å²) in [4.78, 5) is 13.8. The number of rotatable bonds is 4. The molecule has 1 atom stereocenters. The predicted octanol–water partition coefficient (Wildman–Crippen LogP) is 3.33. The van der Waals surface area contributed by atoms with E-state index in [0.29, 0.717) is 19.7 Å². The number of piperazine rings is 1. The Bertz CT molecular complexity index is 453. The largest absolute Gasteiger partial charge is 0.449 e. The molecule has 1 aliphatic heterocycles. The molecule has 5 heteroatoms. The van der Waals surface area contributed by atoms with Crippen molar-refractivity contribution in [2.75, 3.05) is 26.2 Å². The molecule has 4 nitrogen and oxygen atoms in total. The molecular weight excluding hydrogens is 320 g/mol. The Morgan fingerprint density at radius 1 is 1.50 bits per heavy atom. The fourth-order valence-electron chi connectivity index (χ4n) is 2.28. The van der Waals surface area contributed by atoms with Crippen molar-refractivity contribution in [3.05, 3.63) is 34.3 Å². The summed E-state index contributed by atoms with van der Waals surface area (Å²) in [6, 6.07) is 8.26. The van der Waals surface area contributed by atoms with Crippen LogP contribution in [-0.4, -0.2) is 37.2 Å². The third-order valence-electron chi connectivity index (χ3n) is 3.44. The molecule has 110 valence electrons. The van der Waals surface area contributed by atoms with Gasteiger partial charge in [-0.25, -0.2) is 4.79 Å². The molecule has 20 heavy (non-hydrogen) atoms. The highest BCUT2D eigenvalue weighted by Crippen LogP contribution is 2.25. The molecule has 0 bridgehead atoms. The standard InChI is InChI=1S/C15H21BrN2O2/c1-2-3-10-20-15(19)18-9-8-17-14(11-18)12-6-4-5-7-13(12)16/h4-7,14,17H,2-3,8-11H2,1H3. The van der Waals surface area contributed by atoms with Crippen LogP contribution in [0.15, 0.2) is 28.7 Å². The zero-order valence-electron chi connectivity index (χ0n) is 11.8. The van der Waals surface area contributed by atoms with Crippen molar-refractivity contribution in [2.24, 2.45) is 0 Å². The first-order valence-electron chi connectivity index (χ1n) is 7.12. The van der Waals surface area contributed by atoms with E-state index in [-0.39, 0.29) is 12.1 Å². The van der Waals surface area contributed by atoms with Crippen molar-refractivity contribution < 1.29 is 9.53 Å². The number of nitrogens with zero attached hydrogens (tertiary/aromatic N) is 1. The number of hydrogen-bond donors (Lipinski definition) is 1. The second-order valence-electron chi connectivity index (χ2n) is 4.94. The van der Waals surface area contributed by atoms with Gasteiger partial charge in [-0.05, 0) is 18.1 Å². The van der Waals surface area contributed by atoms with E-state index in [9.17, 15) is 4.79 Å². The summed E-state index contributed by atoms with van der Waals surface area (Å²) >= 11 is 3.57. The normalized spacial score (nSPS) is 18.9. The van der Waals surface area contributed by atoms with Gasteiger partial charge in [0.05, 0.1) is 12.6 Å². The highest BCUT2D eigenvalue weighted by Gasteiger charge is 2.26. The lowest BCUT2D eigenvalue weighted by molar-refractivity contribution is 0.0894. The third-order valence-corrected chi connectivity index (χ3v) is 4.16. The van der Waals surface area contributed by atoms with Crippen LogP contribution >= 0.6 is 15.9 Å². The fraction of sp³-hybridized carbons (Fsp3) is 0.533. The Morgan fingerprint density at radius 3 is 3.05 bits per heavy atom. The zero-order valence-corrected chi connectivity index (χ0v) is 13.4. The van der Waals surface area contributed by atoms with Gasteiger partial charge >= 0.3 is 6.09 Å². The molecule has 1 fully saturated rings. The van der Waals surface area contributed by atoms with Crippen molar-refractivity contribution >= 4 is 22.0 Å².